The van der Waals surface area contributed by atoms with Gasteiger partial charge in [-0.25, -0.2) is 5.43 Å². The zero-order chi connectivity index (χ0) is 17.8. The first-order valence-electron chi connectivity index (χ1n) is 7.53. The lowest BCUT2D eigenvalue weighted by Crippen LogP contribution is -2.18. The van der Waals surface area contributed by atoms with Gasteiger partial charge in [0.15, 0.2) is 0 Å². The number of phenols is 1. The number of nitrogens with zero attached hydrogens (tertiary/aromatic N) is 2. The highest BCUT2D eigenvalue weighted by Gasteiger charge is 2.08. The molecular formula is C18H16N4O3. The lowest BCUT2D eigenvalue weighted by atomic mass is 10.2. The summed E-state index contributed by atoms with van der Waals surface area (Å²) in [6.07, 6.45) is 3.27. The number of carbonyl (C=O) groups is 2. The molecule has 0 radical (unpaired) electrons. The van der Waals surface area contributed by atoms with Crippen molar-refractivity contribution in [2.75, 3.05) is 0 Å². The number of primary amides is 1. The Morgan fingerprint density at radius 2 is 1.88 bits per heavy atom. The topological polar surface area (TPSA) is 110 Å². The fraction of sp³-hybridized carbons (Fsp3) is 0.0556. The molecule has 2 aromatic carbocycles. The summed E-state index contributed by atoms with van der Waals surface area (Å²) in [6.45, 7) is 0.0637. The van der Waals surface area contributed by atoms with E-state index in [1.807, 2.05) is 24.3 Å². The molecule has 3 rings (SSSR count). The smallest absolute Gasteiger partial charge is 0.271 e. The molecule has 3 aromatic rings. The van der Waals surface area contributed by atoms with Crippen molar-refractivity contribution in [1.82, 2.24) is 9.99 Å². The number of para-hydroxylation sites is 1. The number of nitrogens with two attached hydrogens (primary N) is 1. The number of phenolic OH excluding ortho intramolecular Hbond substituents is 1. The molecule has 126 valence electrons. The van der Waals surface area contributed by atoms with Gasteiger partial charge < -0.3 is 15.4 Å². The molecule has 1 heterocycles. The number of fused-ring (bicyclic) bond motifs is 1. The van der Waals surface area contributed by atoms with Gasteiger partial charge in [-0.15, -0.1) is 0 Å². The second kappa shape index (κ2) is 6.88. The summed E-state index contributed by atoms with van der Waals surface area (Å²) in [5.74, 6) is -0.746. The Hall–Kier alpha value is -3.61. The van der Waals surface area contributed by atoms with Crippen LogP contribution in [0.2, 0.25) is 0 Å². The van der Waals surface area contributed by atoms with Gasteiger partial charge in [-0.1, -0.05) is 18.2 Å². The predicted molar refractivity (Wildman–Crippen MR) is 94.3 cm³/mol. The first kappa shape index (κ1) is 16.3. The number of hydrogen-bond acceptors (Lipinski definition) is 4. The Morgan fingerprint density at radius 1 is 1.16 bits per heavy atom. The third-order valence-corrected chi connectivity index (χ3v) is 3.64. The van der Waals surface area contributed by atoms with Crippen molar-refractivity contribution in [3.05, 3.63) is 65.9 Å². The van der Waals surface area contributed by atoms with Crippen molar-refractivity contribution >= 4 is 28.9 Å². The number of benzene rings is 2. The third kappa shape index (κ3) is 3.66. The van der Waals surface area contributed by atoms with Crippen LogP contribution in [0.25, 0.3) is 10.9 Å². The van der Waals surface area contributed by atoms with Crippen molar-refractivity contribution in [2.24, 2.45) is 10.8 Å². The molecular weight excluding hydrogens is 320 g/mol. The molecule has 7 nitrogen and oxygen atoms in total. The van der Waals surface area contributed by atoms with Crippen molar-refractivity contribution in [2.45, 2.75) is 6.54 Å². The van der Waals surface area contributed by atoms with Gasteiger partial charge in [0, 0.05) is 28.2 Å². The summed E-state index contributed by atoms with van der Waals surface area (Å²) in [6, 6.07) is 13.4. The molecule has 4 N–H and O–H groups in total. The van der Waals surface area contributed by atoms with E-state index < -0.39 is 11.8 Å². The van der Waals surface area contributed by atoms with Gasteiger partial charge in [0.1, 0.15) is 12.3 Å². The van der Waals surface area contributed by atoms with Crippen LogP contribution in [-0.4, -0.2) is 27.7 Å². The Labute approximate surface area is 143 Å². The van der Waals surface area contributed by atoms with Crippen LogP contribution in [0.15, 0.2) is 59.8 Å². The molecule has 0 atom stereocenters. The largest absolute Gasteiger partial charge is 0.508 e. The molecule has 7 heteroatoms. The van der Waals surface area contributed by atoms with Gasteiger partial charge >= 0.3 is 0 Å². The highest BCUT2D eigenvalue weighted by Crippen LogP contribution is 2.19. The second-order valence-corrected chi connectivity index (χ2v) is 5.44. The third-order valence-electron chi connectivity index (χ3n) is 3.64. The summed E-state index contributed by atoms with van der Waals surface area (Å²) in [5.41, 5.74) is 9.69. The van der Waals surface area contributed by atoms with Crippen LogP contribution in [0.3, 0.4) is 0 Å². The SMILES string of the molecule is NC(=O)Cn1cc(/C=N/NC(=O)c2ccc(O)cc2)c2ccccc21. The molecule has 0 aliphatic rings. The van der Waals surface area contributed by atoms with E-state index >= 15 is 0 Å². The minimum Gasteiger partial charge on any atom is -0.508 e. The van der Waals surface area contributed by atoms with Crippen LogP contribution in [0.4, 0.5) is 0 Å². The Balaban J connectivity index is 1.80. The molecule has 1 aromatic heterocycles. The summed E-state index contributed by atoms with van der Waals surface area (Å²) in [5, 5.41) is 14.1. The molecule has 25 heavy (non-hydrogen) atoms. The molecule has 0 bridgehead atoms. The van der Waals surface area contributed by atoms with Crippen LogP contribution in [0, 0.1) is 0 Å². The number of hydrogen-bond donors (Lipinski definition) is 3. The van der Waals surface area contributed by atoms with Gasteiger partial charge in [0.05, 0.1) is 6.21 Å². The standard InChI is InChI=1S/C18H16N4O3/c19-17(24)11-22-10-13(15-3-1-2-4-16(15)22)9-20-21-18(25)12-5-7-14(23)8-6-12/h1-10,23H,11H2,(H2,19,24)(H,21,25)/b20-9+. The van der Waals surface area contributed by atoms with Crippen molar-refractivity contribution in [3.8, 4) is 5.75 Å². The summed E-state index contributed by atoms with van der Waals surface area (Å²) in [4.78, 5) is 23.2. The number of hydrazone groups is 1. The van der Waals surface area contributed by atoms with Gasteiger partial charge in [0.25, 0.3) is 5.91 Å². The summed E-state index contributed by atoms with van der Waals surface area (Å²) >= 11 is 0. The van der Waals surface area contributed by atoms with Crippen molar-refractivity contribution < 1.29 is 14.7 Å². The molecule has 0 unspecified atom stereocenters. The molecule has 2 amide bonds. The number of aromatic hydroxyl groups is 1. The molecule has 0 saturated carbocycles. The van der Waals surface area contributed by atoms with Gasteiger partial charge in [0.2, 0.25) is 5.91 Å². The Morgan fingerprint density at radius 3 is 2.60 bits per heavy atom. The minimum atomic E-state index is -0.440. The molecule has 0 fully saturated rings. The second-order valence-electron chi connectivity index (χ2n) is 5.44. The summed E-state index contributed by atoms with van der Waals surface area (Å²) in [7, 11) is 0. The quantitative estimate of drug-likeness (QED) is 0.486. The van der Waals surface area contributed by atoms with E-state index in [1.165, 1.54) is 30.5 Å². The molecule has 0 spiro atoms. The van der Waals surface area contributed by atoms with E-state index in [2.05, 4.69) is 10.5 Å². The number of rotatable bonds is 5. The zero-order valence-corrected chi connectivity index (χ0v) is 13.2. The van der Waals surface area contributed by atoms with E-state index in [0.717, 1.165) is 16.5 Å². The first-order chi connectivity index (χ1) is 12.0. The highest BCUT2D eigenvalue weighted by atomic mass is 16.3. The number of aromatic nitrogens is 1. The monoisotopic (exact) mass is 336 g/mol. The first-order valence-corrected chi connectivity index (χ1v) is 7.53. The fourth-order valence-electron chi connectivity index (χ4n) is 2.51. The predicted octanol–water partition coefficient (Wildman–Crippen LogP) is 1.60. The number of amides is 2. The molecule has 0 saturated heterocycles. The van der Waals surface area contributed by atoms with Crippen LogP contribution < -0.4 is 11.2 Å². The average molecular weight is 336 g/mol. The Kier molecular flexibility index (Phi) is 4.47. The number of nitrogens with one attached hydrogen (secondary N) is 1. The summed E-state index contributed by atoms with van der Waals surface area (Å²) < 4.78 is 1.74. The van der Waals surface area contributed by atoms with E-state index in [9.17, 15) is 14.7 Å². The van der Waals surface area contributed by atoms with E-state index in [4.69, 9.17) is 5.73 Å². The van der Waals surface area contributed by atoms with Crippen LogP contribution in [-0.2, 0) is 11.3 Å². The number of carbonyl (C=O) groups excluding carboxylic acids is 2. The van der Waals surface area contributed by atoms with E-state index in [0.29, 0.717) is 5.56 Å². The maximum atomic E-state index is 12.0. The minimum absolute atomic E-state index is 0.0637. The van der Waals surface area contributed by atoms with Gasteiger partial charge in [-0.2, -0.15) is 5.10 Å². The maximum absolute atomic E-state index is 12.0. The van der Waals surface area contributed by atoms with Crippen molar-refractivity contribution in [1.29, 1.82) is 0 Å². The molecule has 0 aliphatic carbocycles. The average Bonchev–Trinajstić information content (AvgIpc) is 2.93. The maximum Gasteiger partial charge on any atom is 0.271 e. The van der Waals surface area contributed by atoms with Crippen LogP contribution >= 0.6 is 0 Å². The highest BCUT2D eigenvalue weighted by molar-refractivity contribution is 6.01. The van der Waals surface area contributed by atoms with Crippen LogP contribution in [0.1, 0.15) is 15.9 Å². The lowest BCUT2D eigenvalue weighted by Gasteiger charge is -2.00. The Bertz CT molecular complexity index is 958. The molecule has 0 aliphatic heterocycles. The van der Waals surface area contributed by atoms with Crippen LogP contribution in [0.5, 0.6) is 5.75 Å². The van der Waals surface area contributed by atoms with Crippen molar-refractivity contribution in [3.63, 3.8) is 0 Å². The normalized spacial score (nSPS) is 11.0. The van der Waals surface area contributed by atoms with E-state index in [1.54, 1.807) is 10.8 Å². The van der Waals surface area contributed by atoms with E-state index in [-0.39, 0.29) is 12.3 Å². The van der Waals surface area contributed by atoms with Gasteiger partial charge in [-0.05, 0) is 30.3 Å². The fourth-order valence-corrected chi connectivity index (χ4v) is 2.51. The lowest BCUT2D eigenvalue weighted by molar-refractivity contribution is -0.118. The van der Waals surface area contributed by atoms with Gasteiger partial charge in [-0.3, -0.25) is 9.59 Å². The zero-order valence-electron chi connectivity index (χ0n) is 13.2.